The van der Waals surface area contributed by atoms with E-state index in [2.05, 4.69) is 23.9 Å². The summed E-state index contributed by atoms with van der Waals surface area (Å²) in [7, 11) is 5.84. The van der Waals surface area contributed by atoms with Gasteiger partial charge in [-0.3, -0.25) is 4.79 Å². The molecule has 0 aromatic heterocycles. The molecule has 1 unspecified atom stereocenters. The number of rotatable bonds is 4. The van der Waals surface area contributed by atoms with E-state index in [-0.39, 0.29) is 5.78 Å². The quantitative estimate of drug-likeness (QED) is 0.791. The van der Waals surface area contributed by atoms with Gasteiger partial charge in [-0.25, -0.2) is 0 Å². The topological polar surface area (TPSA) is 32.8 Å². The number of carbonyl (C=O) groups excluding carboxylic acids is 1. The van der Waals surface area contributed by atoms with Gasteiger partial charge < -0.3 is 14.5 Å². The van der Waals surface area contributed by atoms with Gasteiger partial charge in [0.2, 0.25) is 0 Å². The van der Waals surface area contributed by atoms with Crippen molar-refractivity contribution in [3.63, 3.8) is 0 Å². The summed E-state index contributed by atoms with van der Waals surface area (Å²) in [6.45, 7) is 3.79. The van der Waals surface area contributed by atoms with Crippen molar-refractivity contribution in [3.05, 3.63) is 23.8 Å². The molecule has 0 spiro atoms. The Morgan fingerprint density at radius 3 is 2.80 bits per heavy atom. The fraction of sp³-hybridized carbons (Fsp3) is 0.562. The largest absolute Gasteiger partial charge is 0.496 e. The Morgan fingerprint density at radius 1 is 1.45 bits per heavy atom. The maximum absolute atomic E-state index is 12.0. The van der Waals surface area contributed by atoms with Crippen LogP contribution in [0, 0.1) is 0 Å². The number of hydrogen-bond acceptors (Lipinski definition) is 4. The van der Waals surface area contributed by atoms with Gasteiger partial charge in [0.15, 0.2) is 5.78 Å². The predicted molar refractivity (Wildman–Crippen MR) is 81.9 cm³/mol. The van der Waals surface area contributed by atoms with E-state index in [4.69, 9.17) is 4.74 Å². The molecule has 1 aliphatic rings. The summed E-state index contributed by atoms with van der Waals surface area (Å²) < 4.78 is 5.35. The van der Waals surface area contributed by atoms with Gasteiger partial charge in [-0.2, -0.15) is 0 Å². The second kappa shape index (κ2) is 6.27. The molecule has 1 aromatic carbocycles. The highest BCUT2D eigenvalue weighted by molar-refractivity contribution is 6.02. The van der Waals surface area contributed by atoms with E-state index >= 15 is 0 Å². The Balaban J connectivity index is 2.33. The van der Waals surface area contributed by atoms with Crippen LogP contribution < -0.4 is 9.64 Å². The predicted octanol–water partition coefficient (Wildman–Crippen LogP) is 2.43. The normalized spacial score (nSPS) is 19.7. The van der Waals surface area contributed by atoms with E-state index in [1.807, 2.05) is 18.2 Å². The lowest BCUT2D eigenvalue weighted by atomic mass is 10.0. The van der Waals surface area contributed by atoms with Gasteiger partial charge in [-0.1, -0.05) is 6.07 Å². The van der Waals surface area contributed by atoms with Crippen molar-refractivity contribution in [1.82, 2.24) is 4.90 Å². The number of anilines is 1. The number of Topliss-reactive ketones (excluding diaryl/α,β-unsaturated/α-hetero) is 1. The molecule has 110 valence electrons. The van der Waals surface area contributed by atoms with E-state index in [9.17, 15) is 4.79 Å². The highest BCUT2D eigenvalue weighted by atomic mass is 16.5. The number of ether oxygens (including phenoxy) is 1. The van der Waals surface area contributed by atoms with Crippen LogP contribution in [0.2, 0.25) is 0 Å². The molecule has 0 amide bonds. The zero-order valence-electron chi connectivity index (χ0n) is 12.8. The number of nitrogens with zero attached hydrogens (tertiary/aromatic N) is 2. The minimum absolute atomic E-state index is 0.0495. The Bertz CT molecular complexity index is 487. The van der Waals surface area contributed by atoms with Crippen LogP contribution in [0.15, 0.2) is 18.2 Å². The average Bonchev–Trinajstić information content (AvgIpc) is 2.45. The molecule has 0 radical (unpaired) electrons. The van der Waals surface area contributed by atoms with Gasteiger partial charge in [0.05, 0.1) is 18.4 Å². The highest BCUT2D eigenvalue weighted by Crippen LogP contribution is 2.31. The number of methoxy groups -OCH3 is 1. The second-order valence-electron chi connectivity index (χ2n) is 5.58. The van der Waals surface area contributed by atoms with Gasteiger partial charge in [0, 0.05) is 19.6 Å². The zero-order valence-corrected chi connectivity index (χ0v) is 12.8. The van der Waals surface area contributed by atoms with Crippen molar-refractivity contribution >= 4 is 11.5 Å². The number of likely N-dealkylation sites (N-methyl/N-ethyl adjacent to an activating group) is 2. The third-order valence-electron chi connectivity index (χ3n) is 4.10. The molecule has 0 bridgehead atoms. The monoisotopic (exact) mass is 276 g/mol. The number of hydrogen-bond donors (Lipinski definition) is 0. The van der Waals surface area contributed by atoms with Crippen LogP contribution in [0.25, 0.3) is 0 Å². The first-order valence-electron chi connectivity index (χ1n) is 7.14. The second-order valence-corrected chi connectivity index (χ2v) is 5.58. The molecular weight excluding hydrogens is 252 g/mol. The molecule has 1 aliphatic heterocycles. The SMILES string of the molecule is COc1cccc(N(C)C2CCCN(C)C2)c1C(C)=O. The lowest BCUT2D eigenvalue weighted by Crippen LogP contribution is -2.45. The molecule has 0 saturated carbocycles. The van der Waals surface area contributed by atoms with Crippen LogP contribution in [-0.4, -0.2) is 51.0 Å². The molecule has 1 fully saturated rings. The molecule has 1 aromatic rings. The van der Waals surface area contributed by atoms with E-state index in [0.29, 0.717) is 17.4 Å². The van der Waals surface area contributed by atoms with Crippen molar-refractivity contribution in [2.24, 2.45) is 0 Å². The minimum Gasteiger partial charge on any atom is -0.496 e. The number of carbonyl (C=O) groups is 1. The first-order chi connectivity index (χ1) is 9.54. The Morgan fingerprint density at radius 2 is 2.20 bits per heavy atom. The van der Waals surface area contributed by atoms with Crippen LogP contribution in [0.1, 0.15) is 30.1 Å². The molecule has 2 rings (SSSR count). The highest BCUT2D eigenvalue weighted by Gasteiger charge is 2.25. The average molecular weight is 276 g/mol. The third-order valence-corrected chi connectivity index (χ3v) is 4.10. The van der Waals surface area contributed by atoms with Crippen LogP contribution in [0.5, 0.6) is 5.75 Å². The third kappa shape index (κ3) is 2.96. The van der Waals surface area contributed by atoms with E-state index in [1.165, 1.54) is 6.42 Å². The molecule has 1 atom stereocenters. The number of benzene rings is 1. The summed E-state index contributed by atoms with van der Waals surface area (Å²) in [6, 6.07) is 6.25. The summed E-state index contributed by atoms with van der Waals surface area (Å²) in [6.07, 6.45) is 2.36. The lowest BCUT2D eigenvalue weighted by molar-refractivity contribution is 0.101. The number of piperidine rings is 1. The van der Waals surface area contributed by atoms with Crippen LogP contribution >= 0.6 is 0 Å². The van der Waals surface area contributed by atoms with Gasteiger partial charge in [-0.15, -0.1) is 0 Å². The first-order valence-corrected chi connectivity index (χ1v) is 7.14. The lowest BCUT2D eigenvalue weighted by Gasteiger charge is -2.37. The fourth-order valence-electron chi connectivity index (χ4n) is 2.99. The Hall–Kier alpha value is -1.55. The molecule has 4 nitrogen and oxygen atoms in total. The van der Waals surface area contributed by atoms with Crippen molar-refractivity contribution in [2.45, 2.75) is 25.8 Å². The standard InChI is InChI=1S/C16H24N2O2/c1-12(19)16-14(8-5-9-15(16)20-4)18(3)13-7-6-10-17(2)11-13/h5,8-9,13H,6-7,10-11H2,1-4H3. The minimum atomic E-state index is 0.0495. The zero-order chi connectivity index (χ0) is 14.7. The summed E-state index contributed by atoms with van der Waals surface area (Å²) in [5, 5.41) is 0. The van der Waals surface area contributed by atoms with Crippen LogP contribution in [0.4, 0.5) is 5.69 Å². The summed E-state index contributed by atoms with van der Waals surface area (Å²) in [5.74, 6) is 0.708. The van der Waals surface area contributed by atoms with Crippen molar-refractivity contribution in [1.29, 1.82) is 0 Å². The van der Waals surface area contributed by atoms with Gasteiger partial charge in [0.1, 0.15) is 5.75 Å². The van der Waals surface area contributed by atoms with Gasteiger partial charge >= 0.3 is 0 Å². The summed E-state index contributed by atoms with van der Waals surface area (Å²) in [5.41, 5.74) is 1.66. The molecule has 1 saturated heterocycles. The molecule has 20 heavy (non-hydrogen) atoms. The van der Waals surface area contributed by atoms with E-state index in [1.54, 1.807) is 14.0 Å². The molecule has 1 heterocycles. The number of likely N-dealkylation sites (tertiary alicyclic amines) is 1. The fourth-order valence-corrected chi connectivity index (χ4v) is 2.99. The van der Waals surface area contributed by atoms with Gasteiger partial charge in [0.25, 0.3) is 0 Å². The number of ketones is 1. The smallest absolute Gasteiger partial charge is 0.165 e. The van der Waals surface area contributed by atoms with E-state index in [0.717, 1.165) is 25.2 Å². The molecule has 0 aliphatic carbocycles. The van der Waals surface area contributed by atoms with Crippen LogP contribution in [-0.2, 0) is 0 Å². The Kier molecular flexibility index (Phi) is 4.65. The van der Waals surface area contributed by atoms with Crippen molar-refractivity contribution < 1.29 is 9.53 Å². The molecular formula is C16H24N2O2. The van der Waals surface area contributed by atoms with Crippen molar-refractivity contribution in [2.75, 3.05) is 39.2 Å². The van der Waals surface area contributed by atoms with Crippen LogP contribution in [0.3, 0.4) is 0 Å². The first kappa shape index (κ1) is 14.9. The molecule has 0 N–H and O–H groups in total. The summed E-state index contributed by atoms with van der Waals surface area (Å²) in [4.78, 5) is 16.6. The van der Waals surface area contributed by atoms with Gasteiger partial charge in [-0.05, 0) is 45.5 Å². The summed E-state index contributed by atoms with van der Waals surface area (Å²) >= 11 is 0. The Labute approximate surface area is 121 Å². The maximum atomic E-state index is 12.0. The van der Waals surface area contributed by atoms with E-state index < -0.39 is 0 Å². The maximum Gasteiger partial charge on any atom is 0.165 e. The van der Waals surface area contributed by atoms with Crippen molar-refractivity contribution in [3.8, 4) is 5.75 Å². The molecule has 4 heteroatoms.